The van der Waals surface area contributed by atoms with Crippen LogP contribution < -0.4 is 0 Å². The molecule has 0 saturated carbocycles. The summed E-state index contributed by atoms with van der Waals surface area (Å²) in [6, 6.07) is 7.43. The first kappa shape index (κ1) is 7.31. The van der Waals surface area contributed by atoms with Crippen molar-refractivity contribution in [3.63, 3.8) is 0 Å². The third-order valence-corrected chi connectivity index (χ3v) is 2.41. The van der Waals surface area contributed by atoms with Crippen molar-refractivity contribution >= 4 is 11.3 Å². The normalized spacial score (nSPS) is 10.0. The van der Waals surface area contributed by atoms with Crippen LogP contribution in [0.15, 0.2) is 35.8 Å². The van der Waals surface area contributed by atoms with Gasteiger partial charge in [-0.25, -0.2) is 0 Å². The Balaban J connectivity index is 2.43. The van der Waals surface area contributed by atoms with Crippen LogP contribution in [0.25, 0.3) is 10.6 Å². The zero-order valence-corrected chi connectivity index (χ0v) is 7.08. The van der Waals surface area contributed by atoms with Gasteiger partial charge in [0.15, 0.2) is 0 Å². The monoisotopic (exact) mass is 177 g/mol. The molecule has 0 aromatic carbocycles. The van der Waals surface area contributed by atoms with E-state index in [-0.39, 0.29) is 5.75 Å². The van der Waals surface area contributed by atoms with E-state index in [1.54, 1.807) is 23.5 Å². The highest BCUT2D eigenvalue weighted by atomic mass is 32.1. The molecule has 0 atom stereocenters. The standard InChI is InChI=1S/C9H7NOS/c11-7-3-4-8(10-6-7)9-2-1-5-12-9/h1-6,11H. The maximum absolute atomic E-state index is 9.00. The minimum Gasteiger partial charge on any atom is -0.506 e. The van der Waals surface area contributed by atoms with Crippen molar-refractivity contribution in [1.82, 2.24) is 4.98 Å². The average molecular weight is 177 g/mol. The van der Waals surface area contributed by atoms with Crippen molar-refractivity contribution in [3.8, 4) is 16.3 Å². The zero-order chi connectivity index (χ0) is 8.39. The van der Waals surface area contributed by atoms with Crippen LogP contribution >= 0.6 is 11.3 Å². The molecule has 0 saturated heterocycles. The summed E-state index contributed by atoms with van der Waals surface area (Å²) in [4.78, 5) is 5.20. The molecular formula is C9H7NOS. The highest BCUT2D eigenvalue weighted by molar-refractivity contribution is 7.13. The lowest BCUT2D eigenvalue weighted by molar-refractivity contribution is 0.473. The van der Waals surface area contributed by atoms with Gasteiger partial charge >= 0.3 is 0 Å². The van der Waals surface area contributed by atoms with Crippen molar-refractivity contribution in [2.24, 2.45) is 0 Å². The van der Waals surface area contributed by atoms with Crippen LogP contribution in [0.4, 0.5) is 0 Å². The van der Waals surface area contributed by atoms with Crippen LogP contribution in [0, 0.1) is 0 Å². The summed E-state index contributed by atoms with van der Waals surface area (Å²) in [6.07, 6.45) is 1.45. The molecule has 0 fully saturated rings. The van der Waals surface area contributed by atoms with Crippen molar-refractivity contribution in [2.75, 3.05) is 0 Å². The summed E-state index contributed by atoms with van der Waals surface area (Å²) >= 11 is 1.64. The lowest BCUT2D eigenvalue weighted by Crippen LogP contribution is -1.77. The molecule has 3 heteroatoms. The van der Waals surface area contributed by atoms with E-state index in [2.05, 4.69) is 4.98 Å². The predicted molar refractivity (Wildman–Crippen MR) is 49.2 cm³/mol. The predicted octanol–water partition coefficient (Wildman–Crippen LogP) is 2.52. The molecule has 0 spiro atoms. The first-order valence-corrected chi connectivity index (χ1v) is 4.43. The molecule has 1 N–H and O–H groups in total. The number of nitrogens with zero attached hydrogens (tertiary/aromatic N) is 1. The van der Waals surface area contributed by atoms with Crippen LogP contribution in [0.3, 0.4) is 0 Å². The van der Waals surface area contributed by atoms with E-state index in [1.807, 2.05) is 17.5 Å². The molecule has 0 amide bonds. The van der Waals surface area contributed by atoms with Gasteiger partial charge < -0.3 is 5.11 Å². The van der Waals surface area contributed by atoms with E-state index in [4.69, 9.17) is 5.11 Å². The fourth-order valence-electron chi connectivity index (χ4n) is 0.956. The van der Waals surface area contributed by atoms with Gasteiger partial charge in [0.05, 0.1) is 16.8 Å². The van der Waals surface area contributed by atoms with Gasteiger partial charge in [-0.15, -0.1) is 11.3 Å². The van der Waals surface area contributed by atoms with Crippen LogP contribution in [0.2, 0.25) is 0 Å². The molecule has 2 nitrogen and oxygen atoms in total. The Morgan fingerprint density at radius 2 is 2.17 bits per heavy atom. The second-order valence-electron chi connectivity index (χ2n) is 2.38. The number of pyridine rings is 1. The van der Waals surface area contributed by atoms with Gasteiger partial charge in [0.25, 0.3) is 0 Å². The molecule has 0 aliphatic rings. The van der Waals surface area contributed by atoms with Crippen molar-refractivity contribution < 1.29 is 5.11 Å². The van der Waals surface area contributed by atoms with Gasteiger partial charge in [-0.3, -0.25) is 4.98 Å². The van der Waals surface area contributed by atoms with Crippen LogP contribution in [0.5, 0.6) is 5.75 Å². The second-order valence-corrected chi connectivity index (χ2v) is 3.33. The Labute approximate surface area is 74.1 Å². The molecule has 12 heavy (non-hydrogen) atoms. The largest absolute Gasteiger partial charge is 0.506 e. The Morgan fingerprint density at radius 3 is 2.75 bits per heavy atom. The van der Waals surface area contributed by atoms with Crippen LogP contribution in [-0.2, 0) is 0 Å². The third-order valence-electron chi connectivity index (χ3n) is 1.52. The first-order chi connectivity index (χ1) is 5.86. The van der Waals surface area contributed by atoms with Crippen molar-refractivity contribution in [2.45, 2.75) is 0 Å². The summed E-state index contributed by atoms with van der Waals surface area (Å²) in [5, 5.41) is 11.0. The van der Waals surface area contributed by atoms with Crippen molar-refractivity contribution in [1.29, 1.82) is 0 Å². The molecule has 60 valence electrons. The average Bonchev–Trinajstić information content (AvgIpc) is 2.58. The fourth-order valence-corrected chi connectivity index (χ4v) is 1.66. The van der Waals surface area contributed by atoms with Gasteiger partial charge in [-0.1, -0.05) is 6.07 Å². The van der Waals surface area contributed by atoms with E-state index < -0.39 is 0 Å². The molecule has 0 aliphatic heterocycles. The molecule has 2 aromatic heterocycles. The van der Waals surface area contributed by atoms with Crippen molar-refractivity contribution in [3.05, 3.63) is 35.8 Å². The Hall–Kier alpha value is -1.35. The summed E-state index contributed by atoms with van der Waals surface area (Å²) in [7, 11) is 0. The number of aromatic hydroxyl groups is 1. The van der Waals surface area contributed by atoms with Gasteiger partial charge in [-0.2, -0.15) is 0 Å². The number of rotatable bonds is 1. The summed E-state index contributed by atoms with van der Waals surface area (Å²) in [5.41, 5.74) is 0.905. The lowest BCUT2D eigenvalue weighted by atomic mass is 10.3. The topological polar surface area (TPSA) is 33.1 Å². The molecule has 2 heterocycles. The number of hydrogen-bond donors (Lipinski definition) is 1. The lowest BCUT2D eigenvalue weighted by Gasteiger charge is -1.94. The smallest absolute Gasteiger partial charge is 0.133 e. The van der Waals surface area contributed by atoms with E-state index in [1.165, 1.54) is 6.20 Å². The first-order valence-electron chi connectivity index (χ1n) is 3.55. The van der Waals surface area contributed by atoms with Gasteiger partial charge in [0, 0.05) is 0 Å². The number of hydrogen-bond acceptors (Lipinski definition) is 3. The SMILES string of the molecule is Oc1ccc(-c2cccs2)nc1. The fraction of sp³-hybridized carbons (Fsp3) is 0. The molecule has 2 rings (SSSR count). The molecule has 0 bridgehead atoms. The Bertz CT molecular complexity index is 353. The second kappa shape index (κ2) is 2.95. The van der Waals surface area contributed by atoms with Crippen LogP contribution in [-0.4, -0.2) is 10.1 Å². The summed E-state index contributed by atoms with van der Waals surface area (Å²) < 4.78 is 0. The maximum atomic E-state index is 9.00. The third kappa shape index (κ3) is 1.31. The van der Waals surface area contributed by atoms with Gasteiger partial charge in [0.2, 0.25) is 0 Å². The highest BCUT2D eigenvalue weighted by Crippen LogP contribution is 2.23. The number of aromatic nitrogens is 1. The van der Waals surface area contributed by atoms with E-state index in [0.717, 1.165) is 10.6 Å². The molecule has 0 unspecified atom stereocenters. The summed E-state index contributed by atoms with van der Waals surface area (Å²) in [6.45, 7) is 0. The molecule has 2 aromatic rings. The van der Waals surface area contributed by atoms with E-state index in [9.17, 15) is 0 Å². The van der Waals surface area contributed by atoms with E-state index >= 15 is 0 Å². The quantitative estimate of drug-likeness (QED) is 0.726. The number of thiophene rings is 1. The van der Waals surface area contributed by atoms with Gasteiger partial charge in [-0.05, 0) is 23.6 Å². The Kier molecular flexibility index (Phi) is 1.80. The highest BCUT2D eigenvalue weighted by Gasteiger charge is 1.98. The minimum atomic E-state index is 0.204. The molecule has 0 aliphatic carbocycles. The summed E-state index contributed by atoms with van der Waals surface area (Å²) in [5.74, 6) is 0.204. The van der Waals surface area contributed by atoms with Gasteiger partial charge in [0.1, 0.15) is 5.75 Å². The molecular weight excluding hydrogens is 170 g/mol. The maximum Gasteiger partial charge on any atom is 0.133 e. The van der Waals surface area contributed by atoms with Crippen LogP contribution in [0.1, 0.15) is 0 Å². The minimum absolute atomic E-state index is 0.204. The zero-order valence-electron chi connectivity index (χ0n) is 6.27. The molecule has 0 radical (unpaired) electrons. The Morgan fingerprint density at radius 1 is 1.25 bits per heavy atom. The van der Waals surface area contributed by atoms with E-state index in [0.29, 0.717) is 0 Å².